The van der Waals surface area contributed by atoms with E-state index in [2.05, 4.69) is 0 Å². The number of nitrogens with zero attached hydrogens (tertiary/aromatic N) is 1. The highest BCUT2D eigenvalue weighted by Gasteiger charge is 2.35. The van der Waals surface area contributed by atoms with Gasteiger partial charge in [-0.05, 0) is 17.7 Å². The average molecular weight is 299 g/mol. The Balaban J connectivity index is 2.04. The Morgan fingerprint density at radius 3 is 2.55 bits per heavy atom. The van der Waals surface area contributed by atoms with Gasteiger partial charge in [-0.2, -0.15) is 0 Å². The van der Waals surface area contributed by atoms with Gasteiger partial charge in [-0.1, -0.05) is 36.4 Å². The Labute approximate surface area is 128 Å². The number of hydrogen-bond donors (Lipinski definition) is 2. The summed E-state index contributed by atoms with van der Waals surface area (Å²) in [6.45, 7) is -0.0218. The molecule has 2 aromatic rings. The molecule has 0 bridgehead atoms. The number of benzene rings is 2. The van der Waals surface area contributed by atoms with Gasteiger partial charge in [-0.3, -0.25) is 4.79 Å². The van der Waals surface area contributed by atoms with Crippen LogP contribution in [0.15, 0.2) is 48.5 Å². The third-order valence-corrected chi connectivity index (χ3v) is 3.66. The first kappa shape index (κ1) is 14.6. The maximum absolute atomic E-state index is 12.7. The van der Waals surface area contributed by atoms with E-state index in [9.17, 15) is 15.0 Å². The van der Waals surface area contributed by atoms with Crippen LogP contribution >= 0.6 is 0 Å². The van der Waals surface area contributed by atoms with E-state index in [1.165, 1.54) is 4.90 Å². The van der Waals surface area contributed by atoms with Gasteiger partial charge < -0.3 is 19.8 Å². The zero-order valence-corrected chi connectivity index (χ0v) is 12.0. The van der Waals surface area contributed by atoms with Gasteiger partial charge in [0.25, 0.3) is 5.91 Å². The highest BCUT2D eigenvalue weighted by Crippen LogP contribution is 2.39. The van der Waals surface area contributed by atoms with Gasteiger partial charge >= 0.3 is 0 Å². The molecule has 5 nitrogen and oxygen atoms in total. The summed E-state index contributed by atoms with van der Waals surface area (Å²) >= 11 is 0. The summed E-state index contributed by atoms with van der Waals surface area (Å²) in [5.74, 6) is 0.331. The largest absolute Gasteiger partial charge is 0.474 e. The van der Waals surface area contributed by atoms with Gasteiger partial charge in [-0.15, -0.1) is 0 Å². The van der Waals surface area contributed by atoms with E-state index in [-0.39, 0.29) is 25.7 Å². The van der Waals surface area contributed by atoms with Gasteiger partial charge in [0.05, 0.1) is 18.9 Å². The molecule has 3 rings (SSSR count). The summed E-state index contributed by atoms with van der Waals surface area (Å²) in [4.78, 5) is 14.2. The van der Waals surface area contributed by atoms with Gasteiger partial charge in [0.1, 0.15) is 5.75 Å². The number of aliphatic hydroxyl groups excluding tert-OH is 2. The van der Waals surface area contributed by atoms with Gasteiger partial charge in [0.15, 0.2) is 0 Å². The molecule has 114 valence electrons. The minimum absolute atomic E-state index is 0.0966. The summed E-state index contributed by atoms with van der Waals surface area (Å²) in [5.41, 5.74) is 2.09. The third-order valence-electron chi connectivity index (χ3n) is 3.66. The lowest BCUT2D eigenvalue weighted by molar-refractivity contribution is -0.126. The maximum atomic E-state index is 12.7. The number of amides is 1. The van der Waals surface area contributed by atoms with Crippen LogP contribution in [0, 0.1) is 0 Å². The summed E-state index contributed by atoms with van der Waals surface area (Å²) in [7, 11) is 0. The molecule has 0 saturated carbocycles. The second kappa shape index (κ2) is 6.17. The van der Waals surface area contributed by atoms with Crippen LogP contribution in [-0.4, -0.2) is 29.3 Å². The summed E-state index contributed by atoms with van der Waals surface area (Å²) in [5, 5.41) is 18.5. The number of anilines is 1. The molecule has 5 heteroatoms. The third kappa shape index (κ3) is 2.56. The van der Waals surface area contributed by atoms with E-state index < -0.39 is 6.10 Å². The molecule has 22 heavy (non-hydrogen) atoms. The van der Waals surface area contributed by atoms with Crippen LogP contribution in [0.25, 0.3) is 0 Å². The van der Waals surface area contributed by atoms with Crippen molar-refractivity contribution in [3.05, 3.63) is 59.7 Å². The normalized spacial score (nSPS) is 17.1. The highest BCUT2D eigenvalue weighted by atomic mass is 16.5. The van der Waals surface area contributed by atoms with Crippen molar-refractivity contribution < 1.29 is 19.7 Å². The molecular formula is C17H17NO4. The quantitative estimate of drug-likeness (QED) is 0.900. The van der Waals surface area contributed by atoms with Crippen LogP contribution in [0.1, 0.15) is 17.2 Å². The molecular weight excluding hydrogens is 282 g/mol. The molecule has 1 unspecified atom stereocenters. The summed E-state index contributed by atoms with van der Waals surface area (Å²) in [6.07, 6.45) is -0.741. The van der Waals surface area contributed by atoms with E-state index in [0.29, 0.717) is 17.0 Å². The number of hydrogen-bond acceptors (Lipinski definition) is 4. The van der Waals surface area contributed by atoms with Gasteiger partial charge in [0, 0.05) is 12.1 Å². The number of carbonyl (C=O) groups excluding carboxylic acids is 1. The molecule has 0 fully saturated rings. The molecule has 1 atom stereocenters. The number of carbonyl (C=O) groups is 1. The predicted octanol–water partition coefficient (Wildman–Crippen LogP) is 1.64. The summed E-state index contributed by atoms with van der Waals surface area (Å²) in [6, 6.07) is 14.4. The molecule has 0 aromatic heterocycles. The van der Waals surface area contributed by atoms with E-state index >= 15 is 0 Å². The van der Waals surface area contributed by atoms with Crippen LogP contribution in [0.5, 0.6) is 5.75 Å². The number of ether oxygens (including phenoxy) is 1. The van der Waals surface area contributed by atoms with Crippen molar-refractivity contribution in [3.63, 3.8) is 0 Å². The lowest BCUT2D eigenvalue weighted by Crippen LogP contribution is -2.42. The number of aliphatic hydroxyl groups is 2. The van der Waals surface area contributed by atoms with Crippen LogP contribution in [-0.2, 0) is 11.4 Å². The number of β-amino-alcohol motifs (C(OH)–C–C–N with tert-alkyl or cyclic N) is 1. The van der Waals surface area contributed by atoms with Crippen molar-refractivity contribution in [2.24, 2.45) is 0 Å². The fourth-order valence-corrected chi connectivity index (χ4v) is 2.58. The lowest BCUT2D eigenvalue weighted by atomic mass is 10.0. The highest BCUT2D eigenvalue weighted by molar-refractivity contribution is 6.00. The molecule has 1 amide bonds. The number of fused-ring (bicyclic) bond motifs is 1. The minimum atomic E-state index is -0.741. The average Bonchev–Trinajstić information content (AvgIpc) is 2.57. The Bertz CT molecular complexity index is 672. The Kier molecular flexibility index (Phi) is 4.09. The maximum Gasteiger partial charge on any atom is 0.272 e. The van der Waals surface area contributed by atoms with E-state index in [1.54, 1.807) is 18.2 Å². The van der Waals surface area contributed by atoms with E-state index in [1.807, 2.05) is 30.3 Å². The fraction of sp³-hybridized carbons (Fsp3) is 0.235. The van der Waals surface area contributed by atoms with Gasteiger partial charge in [0.2, 0.25) is 6.10 Å². The first-order valence-corrected chi connectivity index (χ1v) is 7.12. The zero-order chi connectivity index (χ0) is 15.5. The molecule has 0 aliphatic carbocycles. The molecule has 2 aromatic carbocycles. The lowest BCUT2D eigenvalue weighted by Gasteiger charge is -2.34. The SMILES string of the molecule is O=C1C(c2ccccc2)Oc2cc(CO)ccc2N1CCO. The molecule has 0 saturated heterocycles. The second-order valence-electron chi connectivity index (χ2n) is 5.08. The molecule has 0 radical (unpaired) electrons. The minimum Gasteiger partial charge on any atom is -0.474 e. The van der Waals surface area contributed by atoms with Crippen molar-refractivity contribution >= 4 is 11.6 Å². The Morgan fingerprint density at radius 2 is 1.86 bits per heavy atom. The fourth-order valence-electron chi connectivity index (χ4n) is 2.58. The first-order chi connectivity index (χ1) is 10.7. The van der Waals surface area contributed by atoms with Crippen molar-refractivity contribution in [1.82, 2.24) is 0 Å². The zero-order valence-electron chi connectivity index (χ0n) is 12.0. The predicted molar refractivity (Wildman–Crippen MR) is 81.6 cm³/mol. The molecule has 1 aliphatic heterocycles. The second-order valence-corrected chi connectivity index (χ2v) is 5.08. The Morgan fingerprint density at radius 1 is 1.09 bits per heavy atom. The van der Waals surface area contributed by atoms with Crippen LogP contribution in [0.4, 0.5) is 5.69 Å². The van der Waals surface area contributed by atoms with E-state index in [4.69, 9.17) is 4.74 Å². The molecule has 2 N–H and O–H groups in total. The van der Waals surface area contributed by atoms with Crippen LogP contribution in [0.2, 0.25) is 0 Å². The van der Waals surface area contributed by atoms with Crippen molar-refractivity contribution in [2.45, 2.75) is 12.7 Å². The Hall–Kier alpha value is -2.37. The standard InChI is InChI=1S/C17H17NO4/c19-9-8-18-14-7-6-12(11-20)10-15(14)22-16(17(18)21)13-4-2-1-3-5-13/h1-7,10,16,19-20H,8-9,11H2. The first-order valence-electron chi connectivity index (χ1n) is 7.12. The van der Waals surface area contributed by atoms with Crippen molar-refractivity contribution in [2.75, 3.05) is 18.1 Å². The van der Waals surface area contributed by atoms with Crippen LogP contribution < -0.4 is 9.64 Å². The molecule has 1 aliphatic rings. The van der Waals surface area contributed by atoms with Gasteiger partial charge in [-0.25, -0.2) is 0 Å². The van der Waals surface area contributed by atoms with Crippen LogP contribution in [0.3, 0.4) is 0 Å². The van der Waals surface area contributed by atoms with E-state index in [0.717, 1.165) is 5.56 Å². The molecule has 0 spiro atoms. The topological polar surface area (TPSA) is 70.0 Å². The smallest absolute Gasteiger partial charge is 0.272 e. The molecule has 1 heterocycles. The van der Waals surface area contributed by atoms with Crippen molar-refractivity contribution in [3.8, 4) is 5.75 Å². The van der Waals surface area contributed by atoms with Crippen molar-refractivity contribution in [1.29, 1.82) is 0 Å². The number of rotatable bonds is 4. The monoisotopic (exact) mass is 299 g/mol. The summed E-state index contributed by atoms with van der Waals surface area (Å²) < 4.78 is 5.87.